The maximum atomic E-state index is 6.15. The predicted molar refractivity (Wildman–Crippen MR) is 73.2 cm³/mol. The van der Waals surface area contributed by atoms with Gasteiger partial charge in [-0.2, -0.15) is 0 Å². The molecule has 0 aliphatic rings. The summed E-state index contributed by atoms with van der Waals surface area (Å²) in [7, 11) is 0. The molecule has 0 aliphatic carbocycles. The van der Waals surface area contributed by atoms with Crippen molar-refractivity contribution in [3.63, 3.8) is 0 Å². The van der Waals surface area contributed by atoms with Crippen LogP contribution in [-0.4, -0.2) is 14.1 Å². The molecule has 2 heterocycles. The Morgan fingerprint density at radius 3 is 2.78 bits per heavy atom. The lowest BCUT2D eigenvalue weighted by molar-refractivity contribution is 0.513. The number of nitrogens with zero attached hydrogens (tertiary/aromatic N) is 3. The van der Waals surface area contributed by atoms with Crippen molar-refractivity contribution in [3.8, 4) is 0 Å². The van der Waals surface area contributed by atoms with Gasteiger partial charge in [-0.1, -0.05) is 13.8 Å². The minimum absolute atomic E-state index is 0.108. The third kappa shape index (κ3) is 2.64. The summed E-state index contributed by atoms with van der Waals surface area (Å²) >= 11 is 0. The van der Waals surface area contributed by atoms with Crippen LogP contribution in [0.1, 0.15) is 38.2 Å². The van der Waals surface area contributed by atoms with E-state index in [4.69, 9.17) is 5.73 Å². The zero-order valence-electron chi connectivity index (χ0n) is 11.4. The second-order valence-corrected chi connectivity index (χ2v) is 5.02. The van der Waals surface area contributed by atoms with E-state index < -0.39 is 0 Å². The fourth-order valence-electron chi connectivity index (χ4n) is 2.08. The van der Waals surface area contributed by atoms with Crippen LogP contribution in [0.4, 0.5) is 0 Å². The Morgan fingerprint density at radius 2 is 2.11 bits per heavy atom. The smallest absolute Gasteiger partial charge is 0.128 e. The molecule has 0 bridgehead atoms. The fourth-order valence-corrected chi connectivity index (χ4v) is 2.08. The van der Waals surface area contributed by atoms with E-state index in [1.807, 2.05) is 12.4 Å². The van der Waals surface area contributed by atoms with Gasteiger partial charge < -0.3 is 14.9 Å². The first-order valence-corrected chi connectivity index (χ1v) is 6.53. The van der Waals surface area contributed by atoms with Crippen LogP contribution in [0, 0.1) is 5.92 Å². The van der Waals surface area contributed by atoms with E-state index in [9.17, 15) is 0 Å². The van der Waals surface area contributed by atoms with Gasteiger partial charge in [-0.05, 0) is 24.5 Å². The minimum atomic E-state index is 0.108. The fraction of sp³-hybridized carbons (Fsp3) is 0.500. The van der Waals surface area contributed by atoms with Gasteiger partial charge in [0.05, 0.1) is 6.54 Å². The molecule has 98 valence electrons. The average molecular weight is 246 g/mol. The zero-order valence-corrected chi connectivity index (χ0v) is 11.4. The van der Waals surface area contributed by atoms with Crippen LogP contribution < -0.4 is 5.73 Å². The summed E-state index contributed by atoms with van der Waals surface area (Å²) in [5.74, 6) is 1.54. The second kappa shape index (κ2) is 5.40. The van der Waals surface area contributed by atoms with Crippen molar-refractivity contribution in [3.05, 3.63) is 42.2 Å². The molecule has 1 atom stereocenters. The molecule has 0 spiro atoms. The maximum absolute atomic E-state index is 6.15. The standard InChI is InChI=1S/C14H22N4/c1-4-18-8-6-16-13(18)10-17-7-5-12(9-17)14(15)11(2)3/h5-9,11,14H,4,10,15H2,1-3H3. The van der Waals surface area contributed by atoms with Gasteiger partial charge in [0.1, 0.15) is 5.82 Å². The summed E-state index contributed by atoms with van der Waals surface area (Å²) < 4.78 is 4.30. The lowest BCUT2D eigenvalue weighted by Gasteiger charge is -2.13. The molecule has 0 saturated carbocycles. The molecule has 2 rings (SSSR count). The quantitative estimate of drug-likeness (QED) is 0.880. The number of imidazole rings is 1. The van der Waals surface area contributed by atoms with E-state index in [-0.39, 0.29) is 6.04 Å². The lowest BCUT2D eigenvalue weighted by Crippen LogP contribution is -2.16. The zero-order chi connectivity index (χ0) is 13.1. The third-order valence-corrected chi connectivity index (χ3v) is 3.34. The van der Waals surface area contributed by atoms with Gasteiger partial charge in [0.15, 0.2) is 0 Å². The molecule has 0 amide bonds. The summed E-state index contributed by atoms with van der Waals surface area (Å²) in [5, 5.41) is 0. The van der Waals surface area contributed by atoms with Crippen LogP contribution in [0.15, 0.2) is 30.9 Å². The highest BCUT2D eigenvalue weighted by Crippen LogP contribution is 2.19. The molecule has 4 nitrogen and oxygen atoms in total. The van der Waals surface area contributed by atoms with Gasteiger partial charge in [-0.25, -0.2) is 4.98 Å². The SMILES string of the molecule is CCn1ccnc1Cn1ccc(C(N)C(C)C)c1. The Bertz CT molecular complexity index is 495. The Hall–Kier alpha value is -1.55. The molecule has 18 heavy (non-hydrogen) atoms. The van der Waals surface area contributed by atoms with Crippen molar-refractivity contribution in [2.75, 3.05) is 0 Å². The number of aryl methyl sites for hydroxylation is 1. The first-order chi connectivity index (χ1) is 8.61. The van der Waals surface area contributed by atoms with Crippen LogP contribution in [0.25, 0.3) is 0 Å². The Balaban J connectivity index is 2.11. The number of hydrogen-bond acceptors (Lipinski definition) is 2. The molecule has 0 aromatic carbocycles. The van der Waals surface area contributed by atoms with Gasteiger partial charge in [0, 0.05) is 37.4 Å². The van der Waals surface area contributed by atoms with E-state index in [0.29, 0.717) is 5.92 Å². The molecule has 4 heteroatoms. The molecule has 0 fully saturated rings. The molecule has 2 aromatic rings. The molecule has 2 N–H and O–H groups in total. The summed E-state index contributed by atoms with van der Waals surface area (Å²) in [5.41, 5.74) is 7.34. The molecule has 0 radical (unpaired) electrons. The Labute approximate surface area is 108 Å². The average Bonchev–Trinajstić information content (AvgIpc) is 2.97. The monoisotopic (exact) mass is 246 g/mol. The van der Waals surface area contributed by atoms with E-state index in [0.717, 1.165) is 18.9 Å². The first-order valence-electron chi connectivity index (χ1n) is 6.53. The van der Waals surface area contributed by atoms with Gasteiger partial charge in [-0.3, -0.25) is 0 Å². The van der Waals surface area contributed by atoms with Crippen molar-refractivity contribution >= 4 is 0 Å². The van der Waals surface area contributed by atoms with Gasteiger partial charge >= 0.3 is 0 Å². The number of rotatable bonds is 5. The Morgan fingerprint density at radius 1 is 1.33 bits per heavy atom. The van der Waals surface area contributed by atoms with Crippen LogP contribution in [0.5, 0.6) is 0 Å². The minimum Gasteiger partial charge on any atom is -0.346 e. The molecule has 0 aliphatic heterocycles. The summed E-state index contributed by atoms with van der Waals surface area (Å²) in [4.78, 5) is 4.38. The van der Waals surface area contributed by atoms with Crippen molar-refractivity contribution in [1.82, 2.24) is 14.1 Å². The van der Waals surface area contributed by atoms with Crippen molar-refractivity contribution < 1.29 is 0 Å². The van der Waals surface area contributed by atoms with E-state index in [2.05, 4.69) is 53.3 Å². The van der Waals surface area contributed by atoms with E-state index in [1.54, 1.807) is 0 Å². The topological polar surface area (TPSA) is 48.8 Å². The number of hydrogen-bond donors (Lipinski definition) is 1. The van der Waals surface area contributed by atoms with Crippen LogP contribution in [0.2, 0.25) is 0 Å². The highest BCUT2D eigenvalue weighted by Gasteiger charge is 2.12. The summed E-state index contributed by atoms with van der Waals surface area (Å²) in [6, 6.07) is 2.21. The van der Waals surface area contributed by atoms with Crippen molar-refractivity contribution in [2.24, 2.45) is 11.7 Å². The van der Waals surface area contributed by atoms with Crippen molar-refractivity contribution in [2.45, 2.75) is 39.9 Å². The van der Waals surface area contributed by atoms with Crippen LogP contribution in [0.3, 0.4) is 0 Å². The third-order valence-electron chi connectivity index (χ3n) is 3.34. The molecule has 1 unspecified atom stereocenters. The van der Waals surface area contributed by atoms with Crippen LogP contribution >= 0.6 is 0 Å². The largest absolute Gasteiger partial charge is 0.346 e. The highest BCUT2D eigenvalue weighted by atomic mass is 15.1. The van der Waals surface area contributed by atoms with Crippen molar-refractivity contribution in [1.29, 1.82) is 0 Å². The summed E-state index contributed by atoms with van der Waals surface area (Å²) in [6.07, 6.45) is 8.06. The first kappa shape index (κ1) is 12.9. The van der Waals surface area contributed by atoms with Gasteiger partial charge in [0.25, 0.3) is 0 Å². The maximum Gasteiger partial charge on any atom is 0.128 e. The molecular weight excluding hydrogens is 224 g/mol. The van der Waals surface area contributed by atoms with Gasteiger partial charge in [0.2, 0.25) is 0 Å². The predicted octanol–water partition coefficient (Wildman–Crippen LogP) is 2.41. The number of nitrogens with two attached hydrogens (primary N) is 1. The second-order valence-electron chi connectivity index (χ2n) is 5.02. The molecule has 2 aromatic heterocycles. The molecule has 0 saturated heterocycles. The normalized spacial score (nSPS) is 13.2. The van der Waals surface area contributed by atoms with E-state index >= 15 is 0 Å². The number of aromatic nitrogens is 3. The lowest BCUT2D eigenvalue weighted by atomic mass is 10.00. The van der Waals surface area contributed by atoms with Gasteiger partial charge in [-0.15, -0.1) is 0 Å². The van der Waals surface area contributed by atoms with E-state index in [1.165, 1.54) is 5.56 Å². The Kier molecular flexibility index (Phi) is 3.87. The molecular formula is C14H22N4. The van der Waals surface area contributed by atoms with Crippen LogP contribution in [-0.2, 0) is 13.1 Å². The highest BCUT2D eigenvalue weighted by molar-refractivity contribution is 5.16. The summed E-state index contributed by atoms with van der Waals surface area (Å²) in [6.45, 7) is 8.17.